The lowest BCUT2D eigenvalue weighted by Crippen LogP contribution is -2.17. The molecule has 0 aliphatic carbocycles. The maximum absolute atomic E-state index is 11.4. The largest absolute Gasteiger partial charge is 0.307 e. The molecule has 76 valence electrons. The van der Waals surface area contributed by atoms with E-state index < -0.39 is 0 Å². The number of carbonyl (C=O) groups is 1. The summed E-state index contributed by atoms with van der Waals surface area (Å²) >= 11 is 6.21. The van der Waals surface area contributed by atoms with Gasteiger partial charge in [0.15, 0.2) is 0 Å². The van der Waals surface area contributed by atoms with E-state index in [0.29, 0.717) is 9.23 Å². The number of rotatable bonds is 1. The van der Waals surface area contributed by atoms with Gasteiger partial charge in [0.1, 0.15) is 4.32 Å². The minimum Gasteiger partial charge on any atom is -0.307 e. The molecule has 2 rings (SSSR count). The van der Waals surface area contributed by atoms with Crippen molar-refractivity contribution >= 4 is 40.3 Å². The van der Waals surface area contributed by atoms with Gasteiger partial charge in [0.2, 0.25) is 0 Å². The van der Waals surface area contributed by atoms with Gasteiger partial charge >= 0.3 is 0 Å². The van der Waals surface area contributed by atoms with E-state index in [0.717, 1.165) is 5.56 Å². The minimum absolute atomic E-state index is 0.105. The third kappa shape index (κ3) is 2.46. The number of thioether (sulfide) groups is 1. The van der Waals surface area contributed by atoms with Crippen LogP contribution in [0, 0.1) is 6.92 Å². The molecular formula is C11H9NOS2. The number of aryl methyl sites for hydroxylation is 1. The molecule has 1 heterocycles. The van der Waals surface area contributed by atoms with Crippen LogP contribution in [-0.2, 0) is 4.79 Å². The zero-order valence-corrected chi connectivity index (χ0v) is 9.74. The molecule has 1 N–H and O–H groups in total. The molecule has 1 aliphatic heterocycles. The summed E-state index contributed by atoms with van der Waals surface area (Å²) in [5.41, 5.74) is 2.20. The highest BCUT2D eigenvalue weighted by molar-refractivity contribution is 8.26. The van der Waals surface area contributed by atoms with E-state index in [1.165, 1.54) is 17.3 Å². The predicted molar refractivity (Wildman–Crippen MR) is 67.5 cm³/mol. The fourth-order valence-corrected chi connectivity index (χ4v) is 2.38. The van der Waals surface area contributed by atoms with Crippen LogP contribution in [0.4, 0.5) is 0 Å². The summed E-state index contributed by atoms with van der Waals surface area (Å²) < 4.78 is 0.527. The average Bonchev–Trinajstić information content (AvgIpc) is 2.45. The number of hydrogen-bond donors (Lipinski definition) is 1. The molecule has 0 aromatic heterocycles. The van der Waals surface area contributed by atoms with Crippen LogP contribution in [0.3, 0.4) is 0 Å². The van der Waals surface area contributed by atoms with Crippen molar-refractivity contribution in [3.63, 3.8) is 0 Å². The predicted octanol–water partition coefficient (Wildman–Crippen LogP) is 2.48. The molecule has 0 spiro atoms. The second kappa shape index (κ2) is 4.16. The monoisotopic (exact) mass is 235 g/mol. The Labute approximate surface area is 97.8 Å². The SMILES string of the molecule is Cc1cccc(C=C2SC(=S)NC2=O)c1. The van der Waals surface area contributed by atoms with Crippen LogP contribution in [-0.4, -0.2) is 10.2 Å². The number of thiocarbonyl (C=S) groups is 1. The van der Waals surface area contributed by atoms with Crippen molar-refractivity contribution < 1.29 is 4.79 Å². The first-order valence-corrected chi connectivity index (χ1v) is 5.69. The topological polar surface area (TPSA) is 29.1 Å². The van der Waals surface area contributed by atoms with Crippen LogP contribution in [0.25, 0.3) is 6.08 Å². The van der Waals surface area contributed by atoms with Crippen LogP contribution in [0.15, 0.2) is 29.2 Å². The van der Waals surface area contributed by atoms with Crippen LogP contribution < -0.4 is 5.32 Å². The van der Waals surface area contributed by atoms with Gasteiger partial charge < -0.3 is 5.32 Å². The zero-order chi connectivity index (χ0) is 10.8. The van der Waals surface area contributed by atoms with Gasteiger partial charge in [-0.15, -0.1) is 0 Å². The lowest BCUT2D eigenvalue weighted by molar-refractivity contribution is -0.115. The highest BCUT2D eigenvalue weighted by Gasteiger charge is 2.21. The van der Waals surface area contributed by atoms with Crippen LogP contribution in [0.2, 0.25) is 0 Å². The highest BCUT2D eigenvalue weighted by atomic mass is 32.2. The Balaban J connectivity index is 2.31. The fourth-order valence-electron chi connectivity index (χ4n) is 1.33. The van der Waals surface area contributed by atoms with E-state index in [1.54, 1.807) is 0 Å². The molecule has 4 heteroatoms. The summed E-state index contributed by atoms with van der Waals surface area (Å²) in [6.07, 6.45) is 1.85. The first kappa shape index (κ1) is 10.4. The highest BCUT2D eigenvalue weighted by Crippen LogP contribution is 2.25. The van der Waals surface area contributed by atoms with Crippen molar-refractivity contribution in [2.24, 2.45) is 0 Å². The maximum atomic E-state index is 11.4. The Bertz CT molecular complexity index is 465. The van der Waals surface area contributed by atoms with Crippen molar-refractivity contribution in [2.75, 3.05) is 0 Å². The van der Waals surface area contributed by atoms with Crippen LogP contribution >= 0.6 is 24.0 Å². The molecule has 15 heavy (non-hydrogen) atoms. The summed E-state index contributed by atoms with van der Waals surface area (Å²) in [4.78, 5) is 12.0. The first-order valence-electron chi connectivity index (χ1n) is 4.47. The lowest BCUT2D eigenvalue weighted by atomic mass is 10.1. The standard InChI is InChI=1S/C11H9NOS2/c1-7-3-2-4-8(5-7)6-9-10(13)12-11(14)15-9/h2-6H,1H3,(H,12,13,14). The Morgan fingerprint density at radius 1 is 1.47 bits per heavy atom. The molecule has 1 saturated heterocycles. The zero-order valence-electron chi connectivity index (χ0n) is 8.11. The van der Waals surface area contributed by atoms with Crippen LogP contribution in [0.1, 0.15) is 11.1 Å². The average molecular weight is 235 g/mol. The normalized spacial score (nSPS) is 18.3. The Hall–Kier alpha value is -1.13. The fraction of sp³-hybridized carbons (Fsp3) is 0.0909. The molecule has 0 atom stereocenters. The van der Waals surface area contributed by atoms with E-state index >= 15 is 0 Å². The molecule has 0 bridgehead atoms. The van der Waals surface area contributed by atoms with Crippen molar-refractivity contribution in [1.29, 1.82) is 0 Å². The number of benzene rings is 1. The van der Waals surface area contributed by atoms with E-state index in [-0.39, 0.29) is 5.91 Å². The second-order valence-electron chi connectivity index (χ2n) is 3.27. The van der Waals surface area contributed by atoms with E-state index in [2.05, 4.69) is 5.32 Å². The number of carbonyl (C=O) groups excluding carboxylic acids is 1. The van der Waals surface area contributed by atoms with Crippen molar-refractivity contribution in [3.8, 4) is 0 Å². The van der Waals surface area contributed by atoms with Gasteiger partial charge in [-0.05, 0) is 18.6 Å². The van der Waals surface area contributed by atoms with Gasteiger partial charge in [0.05, 0.1) is 4.91 Å². The van der Waals surface area contributed by atoms with E-state index in [4.69, 9.17) is 12.2 Å². The summed E-state index contributed by atoms with van der Waals surface area (Å²) in [6, 6.07) is 7.99. The molecule has 2 nitrogen and oxygen atoms in total. The van der Waals surface area contributed by atoms with Crippen LogP contribution in [0.5, 0.6) is 0 Å². The van der Waals surface area contributed by atoms with Gasteiger partial charge in [-0.25, -0.2) is 0 Å². The summed E-state index contributed by atoms with van der Waals surface area (Å²) in [5, 5.41) is 2.59. The minimum atomic E-state index is -0.105. The van der Waals surface area contributed by atoms with Crippen molar-refractivity contribution in [2.45, 2.75) is 6.92 Å². The third-order valence-electron chi connectivity index (χ3n) is 1.98. The molecule has 0 radical (unpaired) electrons. The summed E-state index contributed by atoms with van der Waals surface area (Å²) in [7, 11) is 0. The Morgan fingerprint density at radius 3 is 2.87 bits per heavy atom. The van der Waals surface area contributed by atoms with Gasteiger partial charge in [-0.3, -0.25) is 4.79 Å². The second-order valence-corrected chi connectivity index (χ2v) is 4.99. The van der Waals surface area contributed by atoms with Crippen molar-refractivity contribution in [3.05, 3.63) is 40.3 Å². The molecule has 0 saturated carbocycles. The molecule has 1 aromatic carbocycles. The van der Waals surface area contributed by atoms with Gasteiger partial charge in [0.25, 0.3) is 5.91 Å². The molecule has 1 amide bonds. The quantitative estimate of drug-likeness (QED) is 0.599. The summed E-state index contributed by atoms with van der Waals surface area (Å²) in [6.45, 7) is 2.02. The summed E-state index contributed by atoms with van der Waals surface area (Å²) in [5.74, 6) is -0.105. The maximum Gasteiger partial charge on any atom is 0.263 e. The smallest absolute Gasteiger partial charge is 0.263 e. The number of amides is 1. The van der Waals surface area contributed by atoms with Gasteiger partial charge in [-0.2, -0.15) is 0 Å². The first-order chi connectivity index (χ1) is 7.15. The molecular weight excluding hydrogens is 226 g/mol. The number of nitrogens with one attached hydrogen (secondary N) is 1. The third-order valence-corrected chi connectivity index (χ3v) is 3.14. The molecule has 1 aromatic rings. The van der Waals surface area contributed by atoms with Gasteiger partial charge in [0, 0.05) is 0 Å². The Kier molecular flexibility index (Phi) is 2.88. The molecule has 1 fully saturated rings. The van der Waals surface area contributed by atoms with E-state index in [1.807, 2.05) is 37.3 Å². The molecule has 0 unspecified atom stereocenters. The lowest BCUT2D eigenvalue weighted by Gasteiger charge is -1.96. The number of hydrogen-bond acceptors (Lipinski definition) is 3. The van der Waals surface area contributed by atoms with E-state index in [9.17, 15) is 4.79 Å². The molecule has 1 aliphatic rings. The van der Waals surface area contributed by atoms with Crippen molar-refractivity contribution in [1.82, 2.24) is 5.32 Å². The van der Waals surface area contributed by atoms with Gasteiger partial charge in [-0.1, -0.05) is 53.8 Å². The Morgan fingerprint density at radius 2 is 2.27 bits per heavy atom.